The molecule has 0 aromatic carbocycles. The first-order valence-electron chi connectivity index (χ1n) is 10.2. The fourth-order valence-electron chi connectivity index (χ4n) is 3.69. The first-order chi connectivity index (χ1) is 15.2. The van der Waals surface area contributed by atoms with Crippen LogP contribution >= 0.6 is 0 Å². The fraction of sp³-hybridized carbons (Fsp3) is 0.261. The smallest absolute Gasteiger partial charge is 0.169 e. The number of ketones is 1. The molecular weight excluding hydrogens is 392 g/mol. The van der Waals surface area contributed by atoms with Gasteiger partial charge in [-0.05, 0) is 30.3 Å². The Labute approximate surface area is 179 Å². The van der Waals surface area contributed by atoms with Crippen LogP contribution in [-0.2, 0) is 18.2 Å². The van der Waals surface area contributed by atoms with Crippen LogP contribution in [0.5, 0.6) is 0 Å². The summed E-state index contributed by atoms with van der Waals surface area (Å²) in [6, 6.07) is 9.44. The number of hydrogen-bond donors (Lipinski definition) is 0. The van der Waals surface area contributed by atoms with Crippen LogP contribution in [-0.4, -0.2) is 56.8 Å². The van der Waals surface area contributed by atoms with Gasteiger partial charge in [0.1, 0.15) is 5.82 Å². The second kappa shape index (κ2) is 8.23. The van der Waals surface area contributed by atoms with Gasteiger partial charge < -0.3 is 9.64 Å². The molecule has 0 unspecified atom stereocenters. The molecule has 8 nitrogen and oxygen atoms in total. The maximum absolute atomic E-state index is 12.9. The van der Waals surface area contributed by atoms with E-state index in [1.807, 2.05) is 37.5 Å². The molecule has 4 aromatic heterocycles. The van der Waals surface area contributed by atoms with Crippen molar-refractivity contribution in [2.45, 2.75) is 6.42 Å². The maximum atomic E-state index is 12.9. The summed E-state index contributed by atoms with van der Waals surface area (Å²) in [5, 5.41) is 5.14. The van der Waals surface area contributed by atoms with Crippen LogP contribution in [0.1, 0.15) is 16.1 Å². The maximum Gasteiger partial charge on any atom is 0.169 e. The molecule has 5 rings (SSSR count). The van der Waals surface area contributed by atoms with E-state index in [1.165, 1.54) is 0 Å². The molecule has 1 aliphatic rings. The zero-order chi connectivity index (χ0) is 21.2. The number of aromatic nitrogens is 5. The molecule has 1 fully saturated rings. The van der Waals surface area contributed by atoms with Crippen LogP contribution in [0.3, 0.4) is 0 Å². The summed E-state index contributed by atoms with van der Waals surface area (Å²) in [7, 11) is 1.88. The lowest BCUT2D eigenvalue weighted by molar-refractivity contribution is 0.0992. The van der Waals surface area contributed by atoms with Crippen LogP contribution in [0.25, 0.3) is 22.2 Å². The molecule has 1 saturated heterocycles. The van der Waals surface area contributed by atoms with Gasteiger partial charge in [-0.1, -0.05) is 0 Å². The van der Waals surface area contributed by atoms with Gasteiger partial charge in [0, 0.05) is 55.2 Å². The number of fused-ring (bicyclic) bond motifs is 1. The molecule has 0 spiro atoms. The van der Waals surface area contributed by atoms with Crippen molar-refractivity contribution in [1.29, 1.82) is 0 Å². The standard InChI is InChI=1S/C23H22N6O2/c1-28-15-18(14-26-28)20-3-2-17-13-25-19(11-21(17)27-20)12-22(30)16-4-5-24-23(10-16)29-6-8-31-9-7-29/h2-5,10-11,13-15H,6-9,12H2,1H3. The highest BCUT2D eigenvalue weighted by atomic mass is 16.5. The summed E-state index contributed by atoms with van der Waals surface area (Å²) in [4.78, 5) is 28.7. The predicted octanol–water partition coefficient (Wildman–Crippen LogP) is 2.69. The Balaban J connectivity index is 1.37. The van der Waals surface area contributed by atoms with Crippen molar-refractivity contribution in [2.24, 2.45) is 7.05 Å². The number of morpholine rings is 1. The van der Waals surface area contributed by atoms with E-state index in [9.17, 15) is 4.79 Å². The highest BCUT2D eigenvalue weighted by Gasteiger charge is 2.15. The molecule has 0 bridgehead atoms. The minimum atomic E-state index is 0.00664. The molecule has 0 N–H and O–H groups in total. The highest BCUT2D eigenvalue weighted by molar-refractivity contribution is 5.98. The summed E-state index contributed by atoms with van der Waals surface area (Å²) in [5.41, 5.74) is 3.93. The van der Waals surface area contributed by atoms with Crippen LogP contribution in [0, 0.1) is 0 Å². The third kappa shape index (κ3) is 4.15. The number of pyridine rings is 3. The van der Waals surface area contributed by atoms with E-state index in [4.69, 9.17) is 9.72 Å². The van der Waals surface area contributed by atoms with Gasteiger partial charge in [0.25, 0.3) is 0 Å². The van der Waals surface area contributed by atoms with Gasteiger partial charge in [0.15, 0.2) is 5.78 Å². The fourth-order valence-corrected chi connectivity index (χ4v) is 3.69. The first kappa shape index (κ1) is 19.3. The van der Waals surface area contributed by atoms with Gasteiger partial charge in [-0.3, -0.25) is 14.5 Å². The molecule has 8 heteroatoms. The Morgan fingerprint density at radius 2 is 1.97 bits per heavy atom. The molecule has 0 saturated carbocycles. The molecule has 31 heavy (non-hydrogen) atoms. The van der Waals surface area contributed by atoms with Crippen molar-refractivity contribution in [1.82, 2.24) is 24.7 Å². The molecule has 0 atom stereocenters. The monoisotopic (exact) mass is 414 g/mol. The van der Waals surface area contributed by atoms with E-state index in [0.717, 1.165) is 41.1 Å². The molecule has 0 amide bonds. The topological polar surface area (TPSA) is 86.0 Å². The second-order valence-electron chi connectivity index (χ2n) is 7.57. The Bertz CT molecular complexity index is 1250. The summed E-state index contributed by atoms with van der Waals surface area (Å²) in [6.45, 7) is 2.91. The van der Waals surface area contributed by atoms with E-state index in [1.54, 1.807) is 29.3 Å². The number of hydrogen-bond acceptors (Lipinski definition) is 7. The number of Topliss-reactive ketones (excluding diaryl/α,β-unsaturated/α-hetero) is 1. The largest absolute Gasteiger partial charge is 0.378 e. The highest BCUT2D eigenvalue weighted by Crippen LogP contribution is 2.21. The van der Waals surface area contributed by atoms with Gasteiger partial charge in [0.05, 0.1) is 42.7 Å². The lowest BCUT2D eigenvalue weighted by Crippen LogP contribution is -2.36. The van der Waals surface area contributed by atoms with Crippen molar-refractivity contribution in [3.05, 3.63) is 66.4 Å². The number of anilines is 1. The molecule has 0 aliphatic carbocycles. The van der Waals surface area contributed by atoms with E-state index in [0.29, 0.717) is 24.5 Å². The Hall–Kier alpha value is -3.65. The number of carbonyl (C=O) groups is 1. The summed E-state index contributed by atoms with van der Waals surface area (Å²) < 4.78 is 7.14. The lowest BCUT2D eigenvalue weighted by atomic mass is 10.1. The molecular formula is C23H22N6O2. The number of carbonyl (C=O) groups excluding carboxylic acids is 1. The van der Waals surface area contributed by atoms with Gasteiger partial charge in [-0.15, -0.1) is 0 Å². The van der Waals surface area contributed by atoms with Crippen molar-refractivity contribution in [3.63, 3.8) is 0 Å². The quantitative estimate of drug-likeness (QED) is 0.464. The van der Waals surface area contributed by atoms with E-state index >= 15 is 0 Å². The number of ether oxygens (including phenoxy) is 1. The summed E-state index contributed by atoms with van der Waals surface area (Å²) >= 11 is 0. The van der Waals surface area contributed by atoms with Gasteiger partial charge in [-0.25, -0.2) is 9.97 Å². The number of aryl methyl sites for hydroxylation is 1. The average molecular weight is 414 g/mol. The third-order valence-electron chi connectivity index (χ3n) is 5.38. The minimum Gasteiger partial charge on any atom is -0.378 e. The van der Waals surface area contributed by atoms with E-state index in [-0.39, 0.29) is 12.2 Å². The Morgan fingerprint density at radius 1 is 1.10 bits per heavy atom. The van der Waals surface area contributed by atoms with E-state index < -0.39 is 0 Å². The van der Waals surface area contributed by atoms with Crippen LogP contribution in [0.4, 0.5) is 5.82 Å². The van der Waals surface area contributed by atoms with E-state index in [2.05, 4.69) is 20.0 Å². The van der Waals surface area contributed by atoms with Gasteiger partial charge in [0.2, 0.25) is 0 Å². The van der Waals surface area contributed by atoms with Crippen molar-refractivity contribution in [3.8, 4) is 11.3 Å². The second-order valence-corrected chi connectivity index (χ2v) is 7.57. The normalized spacial score (nSPS) is 14.2. The Morgan fingerprint density at radius 3 is 2.77 bits per heavy atom. The molecule has 1 aliphatic heterocycles. The van der Waals surface area contributed by atoms with Crippen molar-refractivity contribution < 1.29 is 9.53 Å². The zero-order valence-electron chi connectivity index (χ0n) is 17.2. The molecule has 4 aromatic rings. The SMILES string of the molecule is Cn1cc(-c2ccc3cnc(CC(=O)c4ccnc(N5CCOCC5)c4)cc3n2)cn1. The summed E-state index contributed by atoms with van der Waals surface area (Å²) in [5.74, 6) is 0.815. The van der Waals surface area contributed by atoms with Crippen molar-refractivity contribution in [2.75, 3.05) is 31.2 Å². The van der Waals surface area contributed by atoms with Gasteiger partial charge in [-0.2, -0.15) is 5.10 Å². The van der Waals surface area contributed by atoms with Gasteiger partial charge >= 0.3 is 0 Å². The minimum absolute atomic E-state index is 0.00664. The summed E-state index contributed by atoms with van der Waals surface area (Å²) in [6.07, 6.45) is 7.38. The average Bonchev–Trinajstić information content (AvgIpc) is 3.25. The van der Waals surface area contributed by atoms with Crippen molar-refractivity contribution >= 4 is 22.5 Å². The van der Waals surface area contributed by atoms with Crippen LogP contribution in [0.15, 0.2) is 55.1 Å². The third-order valence-corrected chi connectivity index (χ3v) is 5.38. The first-order valence-corrected chi connectivity index (χ1v) is 10.2. The Kier molecular flexibility index (Phi) is 5.13. The molecule has 5 heterocycles. The number of nitrogens with zero attached hydrogens (tertiary/aromatic N) is 6. The predicted molar refractivity (Wildman–Crippen MR) is 117 cm³/mol. The zero-order valence-corrected chi connectivity index (χ0v) is 17.2. The van der Waals surface area contributed by atoms with Crippen LogP contribution < -0.4 is 4.90 Å². The lowest BCUT2D eigenvalue weighted by Gasteiger charge is -2.27. The molecule has 0 radical (unpaired) electrons. The molecule has 156 valence electrons. The number of rotatable bonds is 5. The van der Waals surface area contributed by atoms with Crippen LogP contribution in [0.2, 0.25) is 0 Å².